The molecule has 214 valence electrons. The summed E-state index contributed by atoms with van der Waals surface area (Å²) in [5.41, 5.74) is 1.87. The molecular weight excluding hydrogens is 575 g/mol. The number of amides is 1. The number of carbonyl (C=O) groups is 1. The highest BCUT2D eigenvalue weighted by molar-refractivity contribution is 7.88. The molecule has 2 atom stereocenters. The van der Waals surface area contributed by atoms with Crippen molar-refractivity contribution in [2.24, 2.45) is 0 Å². The van der Waals surface area contributed by atoms with Gasteiger partial charge in [0.05, 0.1) is 58.5 Å². The Morgan fingerprint density at radius 1 is 1.07 bits per heavy atom. The van der Waals surface area contributed by atoms with Crippen molar-refractivity contribution in [3.05, 3.63) is 71.6 Å². The molecule has 0 saturated heterocycles. The molecule has 0 spiro atoms. The number of nitrogens with one attached hydrogen (secondary N) is 1. The average Bonchev–Trinajstić information content (AvgIpc) is 3.39. The Balaban J connectivity index is 1.49. The molecule has 2 bridgehead atoms. The fourth-order valence-electron chi connectivity index (χ4n) is 6.04. The van der Waals surface area contributed by atoms with Crippen LogP contribution >= 0.6 is 0 Å². The van der Waals surface area contributed by atoms with Crippen molar-refractivity contribution in [3.8, 4) is 16.9 Å². The largest absolute Gasteiger partial charge is 0.434 e. The molecule has 4 aromatic rings. The number of alkyl halides is 2. The Labute approximate surface area is 250 Å². The van der Waals surface area contributed by atoms with Gasteiger partial charge in [-0.1, -0.05) is 17.4 Å². The number of carbonyl (C=O) groups excluding carboxylic acids is 1. The zero-order chi connectivity index (χ0) is 31.1. The fraction of sp³-hybridized carbons (Fsp3) is 0.333. The molecule has 0 saturated carbocycles. The van der Waals surface area contributed by atoms with Crippen LogP contribution in [0, 0.1) is 0 Å². The highest BCUT2D eigenvalue weighted by atomic mass is 32.2. The van der Waals surface area contributed by atoms with Crippen molar-refractivity contribution < 1.29 is 26.7 Å². The molecule has 1 amide bonds. The molecule has 4 heterocycles. The number of fused-ring (bicyclic) bond motifs is 9. The van der Waals surface area contributed by atoms with Crippen LogP contribution in [0.1, 0.15) is 59.9 Å². The van der Waals surface area contributed by atoms with Crippen LogP contribution in [0.25, 0.3) is 22.2 Å². The third-order valence-corrected chi connectivity index (χ3v) is 8.43. The smallest absolute Gasteiger partial charge is 0.387 e. The van der Waals surface area contributed by atoms with Crippen molar-refractivity contribution in [2.45, 2.75) is 49.7 Å². The van der Waals surface area contributed by atoms with E-state index in [4.69, 9.17) is 33.3 Å². The summed E-state index contributed by atoms with van der Waals surface area (Å²) in [5.74, 6) is -0.0590. The van der Waals surface area contributed by atoms with Crippen molar-refractivity contribution in [1.29, 1.82) is 0 Å². The molecule has 0 aliphatic carbocycles. The number of rotatable bonds is 7. The molecule has 6 radical (unpaired) electrons. The van der Waals surface area contributed by atoms with E-state index >= 15 is 0 Å². The summed E-state index contributed by atoms with van der Waals surface area (Å²) < 4.78 is 59.7. The third kappa shape index (κ3) is 5.09. The monoisotopic (exact) mass is 598 g/mol. The molecule has 0 fully saturated rings. The van der Waals surface area contributed by atoms with Gasteiger partial charge in [0, 0.05) is 35.5 Å². The fourth-order valence-corrected chi connectivity index (χ4v) is 7.06. The number of aromatic nitrogens is 4. The van der Waals surface area contributed by atoms with E-state index in [9.17, 15) is 22.0 Å². The predicted octanol–water partition coefficient (Wildman–Crippen LogP) is 2.49. The molecule has 2 aromatic carbocycles. The first-order valence-corrected chi connectivity index (χ1v) is 15.1. The van der Waals surface area contributed by atoms with Crippen LogP contribution < -0.4 is 9.46 Å². The van der Waals surface area contributed by atoms with Crippen LogP contribution in [0.5, 0.6) is 5.75 Å². The van der Waals surface area contributed by atoms with E-state index in [0.29, 0.717) is 28.0 Å². The Morgan fingerprint density at radius 2 is 1.77 bits per heavy atom. The molecule has 2 aromatic heterocycles. The van der Waals surface area contributed by atoms with E-state index in [-0.39, 0.29) is 29.1 Å². The van der Waals surface area contributed by atoms with Crippen molar-refractivity contribution in [1.82, 2.24) is 29.1 Å². The van der Waals surface area contributed by atoms with Gasteiger partial charge in [0.1, 0.15) is 17.4 Å². The zero-order valence-electron chi connectivity index (χ0n) is 23.3. The first kappa shape index (κ1) is 29.3. The molecule has 2 aliphatic heterocycles. The summed E-state index contributed by atoms with van der Waals surface area (Å²) >= 11 is 0. The maximum absolute atomic E-state index is 13.7. The van der Waals surface area contributed by atoms with Gasteiger partial charge in [-0.15, -0.1) is 0 Å². The summed E-state index contributed by atoms with van der Waals surface area (Å²) in [7, 11) is 14.7. The second kappa shape index (κ2) is 9.88. The van der Waals surface area contributed by atoms with Gasteiger partial charge in [0.15, 0.2) is 0 Å². The lowest BCUT2D eigenvalue weighted by Crippen LogP contribution is -2.54. The summed E-state index contributed by atoms with van der Waals surface area (Å²) in [5, 5.41) is -2.08. The number of sulfonamides is 1. The Kier molecular flexibility index (Phi) is 6.73. The molecule has 43 heavy (non-hydrogen) atoms. The number of benzene rings is 2. The highest BCUT2D eigenvalue weighted by Gasteiger charge is 2.48. The lowest BCUT2D eigenvalue weighted by Gasteiger charge is -2.41. The van der Waals surface area contributed by atoms with E-state index in [1.54, 1.807) is 32.3 Å². The average molecular weight is 598 g/mol. The Hall–Kier alpha value is -3.78. The van der Waals surface area contributed by atoms with Crippen LogP contribution in [0.15, 0.2) is 48.8 Å². The molecule has 6 rings (SSSR count). The van der Waals surface area contributed by atoms with Crippen molar-refractivity contribution in [2.75, 3.05) is 6.26 Å². The number of ether oxygens (including phenoxy) is 1. The van der Waals surface area contributed by atoms with Gasteiger partial charge in [-0.05, 0) is 43.7 Å². The summed E-state index contributed by atoms with van der Waals surface area (Å²) in [6.45, 7) is 0.186. The lowest BCUT2D eigenvalue weighted by molar-refractivity contribution is -0.0507. The molecule has 2 aliphatic rings. The summed E-state index contributed by atoms with van der Waals surface area (Å²) in [4.78, 5) is 28.4. The summed E-state index contributed by atoms with van der Waals surface area (Å²) in [6.07, 6.45) is 4.44. The maximum Gasteiger partial charge on any atom is 0.387 e. The predicted molar refractivity (Wildman–Crippen MR) is 156 cm³/mol. The lowest BCUT2D eigenvalue weighted by atomic mass is 9.48. The van der Waals surface area contributed by atoms with Gasteiger partial charge >= 0.3 is 6.61 Å². The highest BCUT2D eigenvalue weighted by Crippen LogP contribution is 2.51. The van der Waals surface area contributed by atoms with Gasteiger partial charge < -0.3 is 14.2 Å². The van der Waals surface area contributed by atoms with E-state index in [2.05, 4.69) is 14.7 Å². The Morgan fingerprint density at radius 3 is 2.40 bits per heavy atom. The first-order chi connectivity index (χ1) is 20.0. The van der Waals surface area contributed by atoms with E-state index in [1.807, 2.05) is 16.7 Å². The number of hydrogen-bond donors (Lipinski definition) is 1. The zero-order valence-corrected chi connectivity index (χ0v) is 24.1. The SMILES string of the molecule is [B]C([B])([B])N1C(=O)c2cccc(OC(F)F)c2[C@H]2C[C@@H]1c1nc3ccc(-c4cnc(C(C)(C)NS(C)(=O)=O)nc4)cc3n12. The van der Waals surface area contributed by atoms with Crippen molar-refractivity contribution >= 4 is 50.5 Å². The standard InChI is InChI=1S/C27H23B3F2N6O4S/c1-26(2,36-43(3,40)41)24-33-11-14(12-34-24)13-7-8-16-17(9-13)37-18-10-19(22(37)35-16)38(27(28,29)30)23(39)15-5-4-6-20(21(15)18)42-25(31)32/h4-9,11-12,18-19,25,36H,10H2,1-3H3/t18-,19-/m1/s1. The van der Waals surface area contributed by atoms with Gasteiger partial charge in [-0.2, -0.15) is 8.78 Å². The number of nitrogens with zero attached hydrogens (tertiary/aromatic N) is 5. The van der Waals surface area contributed by atoms with Gasteiger partial charge in [0.25, 0.3) is 5.91 Å². The van der Waals surface area contributed by atoms with E-state index < -0.39 is 45.4 Å². The number of hydrogen-bond acceptors (Lipinski definition) is 7. The van der Waals surface area contributed by atoms with E-state index in [1.165, 1.54) is 18.2 Å². The van der Waals surface area contributed by atoms with Crippen LogP contribution in [0.4, 0.5) is 8.78 Å². The second-order valence-corrected chi connectivity index (χ2v) is 13.0. The summed E-state index contributed by atoms with van der Waals surface area (Å²) in [6, 6.07) is 8.37. The molecule has 10 nitrogen and oxygen atoms in total. The number of halogens is 2. The molecule has 0 unspecified atom stereocenters. The normalized spacial score (nSPS) is 18.6. The minimum Gasteiger partial charge on any atom is -0.434 e. The topological polar surface area (TPSA) is 119 Å². The Bertz CT molecular complexity index is 1880. The van der Waals surface area contributed by atoms with Crippen LogP contribution in [-0.4, -0.2) is 80.4 Å². The quantitative estimate of drug-likeness (QED) is 0.325. The number of imidazole rings is 1. The first-order valence-electron chi connectivity index (χ1n) is 13.2. The minimum atomic E-state index is -3.51. The van der Waals surface area contributed by atoms with Crippen molar-refractivity contribution in [3.63, 3.8) is 0 Å². The maximum atomic E-state index is 13.7. The van der Waals surface area contributed by atoms with Crippen LogP contribution in [0.3, 0.4) is 0 Å². The minimum absolute atomic E-state index is 0.0920. The molecule has 1 N–H and O–H groups in total. The molecular formula is C27H23B3F2N6O4S. The van der Waals surface area contributed by atoms with Crippen LogP contribution in [-0.2, 0) is 15.6 Å². The second-order valence-electron chi connectivity index (χ2n) is 11.3. The van der Waals surface area contributed by atoms with Gasteiger partial charge in [0.2, 0.25) is 10.0 Å². The van der Waals surface area contributed by atoms with Gasteiger partial charge in [-0.25, -0.2) is 28.1 Å². The van der Waals surface area contributed by atoms with Gasteiger partial charge in [-0.3, -0.25) is 4.79 Å². The van der Waals surface area contributed by atoms with E-state index in [0.717, 1.165) is 11.2 Å². The van der Waals surface area contributed by atoms with Crippen LogP contribution in [0.2, 0.25) is 0 Å². The molecule has 16 heteroatoms. The third-order valence-electron chi connectivity index (χ3n) is 7.55.